The Morgan fingerprint density at radius 3 is 2.48 bits per heavy atom. The summed E-state index contributed by atoms with van der Waals surface area (Å²) in [5.41, 5.74) is 3.23. The number of amides is 1. The second kappa shape index (κ2) is 6.52. The molecule has 1 aromatic carbocycles. The summed E-state index contributed by atoms with van der Waals surface area (Å²) in [7, 11) is 0. The fourth-order valence-corrected chi connectivity index (χ4v) is 4.64. The lowest BCUT2D eigenvalue weighted by molar-refractivity contribution is 0.105. The van der Waals surface area contributed by atoms with E-state index in [0.29, 0.717) is 12.0 Å². The van der Waals surface area contributed by atoms with Gasteiger partial charge in [0, 0.05) is 50.4 Å². The van der Waals surface area contributed by atoms with Crippen molar-refractivity contribution in [3.63, 3.8) is 0 Å². The number of likely N-dealkylation sites (tertiary alicyclic amines) is 1. The molecule has 3 aliphatic rings. The number of piperazine rings is 1. The molecule has 1 aromatic rings. The Morgan fingerprint density at radius 1 is 1.16 bits per heavy atom. The molecule has 4 rings (SSSR count). The fraction of sp³-hybridized carbons (Fsp3) is 0.650. The van der Waals surface area contributed by atoms with Crippen LogP contribution >= 0.6 is 0 Å². The van der Waals surface area contributed by atoms with Crippen LogP contribution < -0.4 is 4.90 Å². The van der Waals surface area contributed by atoms with Gasteiger partial charge in [-0.05, 0) is 43.5 Å². The Balaban J connectivity index is 1.37. The topological polar surface area (TPSA) is 36.0 Å². The van der Waals surface area contributed by atoms with E-state index in [0.717, 1.165) is 32.1 Å². The molecular weight excluding hydrogens is 314 g/mol. The molecule has 0 bridgehead atoms. The Hall–Kier alpha value is -1.75. The molecule has 1 saturated carbocycles. The predicted molar refractivity (Wildman–Crippen MR) is 99.1 cm³/mol. The third-order valence-electron chi connectivity index (χ3n) is 6.28. The summed E-state index contributed by atoms with van der Waals surface area (Å²) in [6, 6.07) is 9.22. The first-order chi connectivity index (χ1) is 12.2. The van der Waals surface area contributed by atoms with Crippen LogP contribution in [0.4, 0.5) is 10.5 Å². The predicted octanol–water partition coefficient (Wildman–Crippen LogP) is 2.56. The van der Waals surface area contributed by atoms with Crippen LogP contribution in [0.15, 0.2) is 24.3 Å². The van der Waals surface area contributed by atoms with E-state index in [2.05, 4.69) is 41.0 Å². The molecular formula is C20H29N3O2. The summed E-state index contributed by atoms with van der Waals surface area (Å²) < 4.78 is 5.09. The highest BCUT2D eigenvalue weighted by atomic mass is 16.6. The van der Waals surface area contributed by atoms with E-state index in [1.807, 2.05) is 6.92 Å². The molecule has 2 heterocycles. The fourth-order valence-electron chi connectivity index (χ4n) is 4.64. The van der Waals surface area contributed by atoms with Crippen LogP contribution in [0.25, 0.3) is 0 Å². The van der Waals surface area contributed by atoms with Crippen molar-refractivity contribution in [2.75, 3.05) is 57.3 Å². The molecule has 1 aliphatic carbocycles. The maximum Gasteiger partial charge on any atom is 0.409 e. The first-order valence-electron chi connectivity index (χ1n) is 9.66. The van der Waals surface area contributed by atoms with Gasteiger partial charge in [0.15, 0.2) is 0 Å². The van der Waals surface area contributed by atoms with Gasteiger partial charge in [0.25, 0.3) is 0 Å². The highest BCUT2D eigenvalue weighted by molar-refractivity contribution is 5.68. The van der Waals surface area contributed by atoms with Gasteiger partial charge in [0.1, 0.15) is 0 Å². The monoisotopic (exact) mass is 343 g/mol. The van der Waals surface area contributed by atoms with E-state index in [1.165, 1.54) is 37.3 Å². The van der Waals surface area contributed by atoms with E-state index in [9.17, 15) is 4.79 Å². The second-order valence-electron chi connectivity index (χ2n) is 7.60. The maximum atomic E-state index is 11.8. The number of nitrogens with zero attached hydrogens (tertiary/aromatic N) is 3. The van der Waals surface area contributed by atoms with Crippen molar-refractivity contribution in [3.8, 4) is 0 Å². The lowest BCUT2D eigenvalue weighted by Gasteiger charge is -2.35. The van der Waals surface area contributed by atoms with Crippen LogP contribution in [0.5, 0.6) is 0 Å². The molecule has 3 fully saturated rings. The summed E-state index contributed by atoms with van der Waals surface area (Å²) >= 11 is 0. The number of benzene rings is 1. The zero-order valence-corrected chi connectivity index (χ0v) is 15.4. The van der Waals surface area contributed by atoms with Crippen molar-refractivity contribution in [2.24, 2.45) is 5.92 Å². The van der Waals surface area contributed by atoms with Crippen molar-refractivity contribution >= 4 is 11.8 Å². The van der Waals surface area contributed by atoms with Crippen LogP contribution in [-0.4, -0.2) is 68.3 Å². The Labute approximate surface area is 150 Å². The van der Waals surface area contributed by atoms with Gasteiger partial charge < -0.3 is 19.4 Å². The summed E-state index contributed by atoms with van der Waals surface area (Å²) in [6.07, 6.45) is 1.18. The summed E-state index contributed by atoms with van der Waals surface area (Å²) in [5.74, 6) is 0.867. The number of ether oxygens (including phenoxy) is 1. The Kier molecular flexibility index (Phi) is 4.36. The van der Waals surface area contributed by atoms with E-state index in [1.54, 1.807) is 4.90 Å². The number of carbonyl (C=O) groups is 1. The van der Waals surface area contributed by atoms with Gasteiger partial charge in [-0.25, -0.2) is 4.79 Å². The van der Waals surface area contributed by atoms with Crippen molar-refractivity contribution in [1.82, 2.24) is 9.80 Å². The standard InChI is InChI=1S/C20H29N3O2/c1-3-21-14-17-13-20(17,15-21)16-5-7-18(8-6-16)22-9-11-23(12-10-22)19(24)25-4-2/h5-8,17H,3-4,9-15H2,1-2H3. The van der Waals surface area contributed by atoms with Crippen LogP contribution in [0.3, 0.4) is 0 Å². The number of rotatable bonds is 4. The molecule has 0 N–H and O–H groups in total. The van der Waals surface area contributed by atoms with Crippen LogP contribution in [-0.2, 0) is 10.2 Å². The molecule has 5 nitrogen and oxygen atoms in total. The number of fused-ring (bicyclic) bond motifs is 1. The molecule has 25 heavy (non-hydrogen) atoms. The average molecular weight is 343 g/mol. The van der Waals surface area contributed by atoms with E-state index in [4.69, 9.17) is 4.74 Å². The van der Waals surface area contributed by atoms with Crippen molar-refractivity contribution in [2.45, 2.75) is 25.7 Å². The summed E-state index contributed by atoms with van der Waals surface area (Å²) in [4.78, 5) is 18.6. The Morgan fingerprint density at radius 2 is 1.88 bits per heavy atom. The van der Waals surface area contributed by atoms with E-state index >= 15 is 0 Å². The average Bonchev–Trinajstić information content (AvgIpc) is 3.23. The maximum absolute atomic E-state index is 11.8. The number of carbonyl (C=O) groups excluding carboxylic acids is 1. The minimum atomic E-state index is -0.182. The zero-order chi connectivity index (χ0) is 17.4. The van der Waals surface area contributed by atoms with Gasteiger partial charge >= 0.3 is 6.09 Å². The minimum Gasteiger partial charge on any atom is -0.450 e. The van der Waals surface area contributed by atoms with Gasteiger partial charge in [-0.2, -0.15) is 0 Å². The molecule has 5 heteroatoms. The van der Waals surface area contributed by atoms with Crippen LogP contribution in [0.1, 0.15) is 25.8 Å². The molecule has 2 aliphatic heterocycles. The lowest BCUT2D eigenvalue weighted by Crippen LogP contribution is -2.49. The number of piperidine rings is 1. The SMILES string of the molecule is CCOC(=O)N1CCN(c2ccc(C34CC3CN(CC)C4)cc2)CC1. The lowest BCUT2D eigenvalue weighted by atomic mass is 9.94. The number of hydrogen-bond acceptors (Lipinski definition) is 4. The zero-order valence-electron chi connectivity index (χ0n) is 15.4. The highest BCUT2D eigenvalue weighted by Crippen LogP contribution is 2.58. The summed E-state index contributed by atoms with van der Waals surface area (Å²) in [5, 5.41) is 0. The van der Waals surface area contributed by atoms with E-state index in [-0.39, 0.29) is 6.09 Å². The third kappa shape index (κ3) is 2.99. The quantitative estimate of drug-likeness (QED) is 0.842. The molecule has 2 atom stereocenters. The van der Waals surface area contributed by atoms with Gasteiger partial charge in [-0.15, -0.1) is 0 Å². The van der Waals surface area contributed by atoms with Gasteiger partial charge in [-0.3, -0.25) is 0 Å². The number of anilines is 1. The molecule has 0 spiro atoms. The number of hydrogen-bond donors (Lipinski definition) is 0. The largest absolute Gasteiger partial charge is 0.450 e. The van der Waals surface area contributed by atoms with Gasteiger partial charge in [0.2, 0.25) is 0 Å². The second-order valence-corrected chi connectivity index (χ2v) is 7.60. The molecule has 136 valence electrons. The van der Waals surface area contributed by atoms with Gasteiger partial charge in [0.05, 0.1) is 6.61 Å². The first-order valence-corrected chi connectivity index (χ1v) is 9.66. The summed E-state index contributed by atoms with van der Waals surface area (Å²) in [6.45, 7) is 11.4. The smallest absolute Gasteiger partial charge is 0.409 e. The Bertz CT molecular complexity index is 624. The van der Waals surface area contributed by atoms with Crippen LogP contribution in [0, 0.1) is 5.92 Å². The van der Waals surface area contributed by atoms with Gasteiger partial charge in [-0.1, -0.05) is 19.1 Å². The normalized spacial score (nSPS) is 28.8. The van der Waals surface area contributed by atoms with Crippen LogP contribution in [0.2, 0.25) is 0 Å². The van der Waals surface area contributed by atoms with Crippen molar-refractivity contribution in [1.29, 1.82) is 0 Å². The molecule has 0 radical (unpaired) electrons. The highest BCUT2D eigenvalue weighted by Gasteiger charge is 2.60. The molecule has 1 amide bonds. The van der Waals surface area contributed by atoms with Crippen molar-refractivity contribution < 1.29 is 9.53 Å². The minimum absolute atomic E-state index is 0.182. The molecule has 0 aromatic heterocycles. The molecule has 2 unspecified atom stereocenters. The van der Waals surface area contributed by atoms with E-state index < -0.39 is 0 Å². The number of likely N-dealkylation sites (N-methyl/N-ethyl adjacent to an activating group) is 1. The third-order valence-corrected chi connectivity index (χ3v) is 6.28. The first kappa shape index (κ1) is 16.7. The molecule has 2 saturated heterocycles. The van der Waals surface area contributed by atoms with Crippen molar-refractivity contribution in [3.05, 3.63) is 29.8 Å².